The second kappa shape index (κ2) is 8.02. The van der Waals surface area contributed by atoms with Crippen molar-refractivity contribution in [3.63, 3.8) is 0 Å². The van der Waals surface area contributed by atoms with Gasteiger partial charge in [0, 0.05) is 11.7 Å². The van der Waals surface area contributed by atoms with Crippen LogP contribution >= 0.6 is 0 Å². The lowest BCUT2D eigenvalue weighted by molar-refractivity contribution is 0.495. The third-order valence-corrected chi connectivity index (χ3v) is 5.04. The fourth-order valence-electron chi connectivity index (χ4n) is 3.06. The molecular formula is C24H27N. The molecule has 2 atom stereocenters. The molecule has 0 amide bonds. The van der Waals surface area contributed by atoms with Gasteiger partial charge in [-0.25, -0.2) is 0 Å². The van der Waals surface area contributed by atoms with Gasteiger partial charge in [0.1, 0.15) is 0 Å². The molecule has 0 spiro atoms. The molecule has 1 N–H and O–H groups in total. The number of hydrogen-bond donors (Lipinski definition) is 1. The van der Waals surface area contributed by atoms with Gasteiger partial charge >= 0.3 is 0 Å². The Morgan fingerprint density at radius 3 is 1.60 bits per heavy atom. The molecule has 0 heterocycles. The van der Waals surface area contributed by atoms with Gasteiger partial charge in [0.2, 0.25) is 0 Å². The van der Waals surface area contributed by atoms with E-state index < -0.39 is 0 Å². The first-order valence-electron chi connectivity index (χ1n) is 9.20. The summed E-state index contributed by atoms with van der Waals surface area (Å²) >= 11 is 0. The molecule has 3 rings (SSSR count). The molecule has 0 aliphatic heterocycles. The van der Waals surface area contributed by atoms with Crippen molar-refractivity contribution in [1.29, 1.82) is 0 Å². The van der Waals surface area contributed by atoms with E-state index >= 15 is 0 Å². The molecule has 0 radical (unpaired) electrons. The molecule has 1 heteroatoms. The van der Waals surface area contributed by atoms with Crippen LogP contribution in [0.25, 0.3) is 22.3 Å². The summed E-state index contributed by atoms with van der Waals surface area (Å²) in [5.74, 6) is 0.639. The van der Waals surface area contributed by atoms with Gasteiger partial charge < -0.3 is 5.32 Å². The van der Waals surface area contributed by atoms with Crippen LogP contribution in [-0.2, 0) is 0 Å². The van der Waals surface area contributed by atoms with Crippen LogP contribution in [0.5, 0.6) is 0 Å². The van der Waals surface area contributed by atoms with Gasteiger partial charge in [0.05, 0.1) is 0 Å². The van der Waals surface area contributed by atoms with Gasteiger partial charge in [0.25, 0.3) is 0 Å². The zero-order valence-corrected chi connectivity index (χ0v) is 15.4. The Hall–Kier alpha value is -2.54. The maximum atomic E-state index is 3.71. The van der Waals surface area contributed by atoms with Gasteiger partial charge in [-0.15, -0.1) is 0 Å². The normalized spacial score (nSPS) is 13.2. The number of anilines is 1. The lowest BCUT2D eigenvalue weighted by Crippen LogP contribution is -2.23. The molecule has 0 bridgehead atoms. The van der Waals surface area contributed by atoms with E-state index in [1.807, 2.05) is 0 Å². The molecule has 0 aromatic heterocycles. The van der Waals surface area contributed by atoms with Crippen molar-refractivity contribution in [2.24, 2.45) is 5.92 Å². The number of benzene rings is 3. The molecule has 0 saturated heterocycles. The van der Waals surface area contributed by atoms with E-state index in [0.717, 1.165) is 0 Å². The summed E-state index contributed by atoms with van der Waals surface area (Å²) in [6.07, 6.45) is 1.18. The molecule has 1 nitrogen and oxygen atoms in total. The van der Waals surface area contributed by atoms with E-state index in [0.29, 0.717) is 12.0 Å². The number of rotatable bonds is 6. The van der Waals surface area contributed by atoms with E-state index in [1.165, 1.54) is 34.4 Å². The van der Waals surface area contributed by atoms with Crippen molar-refractivity contribution in [3.05, 3.63) is 78.9 Å². The predicted octanol–water partition coefficient (Wildman–Crippen LogP) is 6.87. The maximum Gasteiger partial charge on any atom is 0.0354 e. The van der Waals surface area contributed by atoms with Crippen molar-refractivity contribution in [1.82, 2.24) is 0 Å². The van der Waals surface area contributed by atoms with E-state index in [-0.39, 0.29) is 0 Å². The lowest BCUT2D eigenvalue weighted by Gasteiger charge is -2.22. The highest BCUT2D eigenvalue weighted by atomic mass is 14.9. The Morgan fingerprint density at radius 1 is 0.680 bits per heavy atom. The Bertz CT molecular complexity index is 735. The second-order valence-corrected chi connectivity index (χ2v) is 6.85. The summed E-state index contributed by atoms with van der Waals surface area (Å²) in [4.78, 5) is 0. The number of hydrogen-bond acceptors (Lipinski definition) is 1. The van der Waals surface area contributed by atoms with E-state index in [1.54, 1.807) is 0 Å². The topological polar surface area (TPSA) is 12.0 Å². The Kier molecular flexibility index (Phi) is 5.55. The highest BCUT2D eigenvalue weighted by Crippen LogP contribution is 2.31. The zero-order valence-electron chi connectivity index (χ0n) is 15.4. The van der Waals surface area contributed by atoms with Crippen LogP contribution in [0.2, 0.25) is 0 Å². The summed E-state index contributed by atoms with van der Waals surface area (Å²) in [7, 11) is 0. The Labute approximate surface area is 151 Å². The van der Waals surface area contributed by atoms with E-state index in [9.17, 15) is 0 Å². The fraction of sp³-hybridized carbons (Fsp3) is 0.250. The molecule has 3 aromatic rings. The van der Waals surface area contributed by atoms with Crippen LogP contribution in [0.3, 0.4) is 0 Å². The molecule has 0 aliphatic rings. The minimum Gasteiger partial charge on any atom is -0.382 e. The molecule has 3 aromatic carbocycles. The van der Waals surface area contributed by atoms with Gasteiger partial charge in [-0.2, -0.15) is 0 Å². The molecule has 1 unspecified atom stereocenters. The first kappa shape index (κ1) is 17.3. The second-order valence-electron chi connectivity index (χ2n) is 6.85. The summed E-state index contributed by atoms with van der Waals surface area (Å²) < 4.78 is 0. The third kappa shape index (κ3) is 4.30. The summed E-state index contributed by atoms with van der Waals surface area (Å²) in [5.41, 5.74) is 6.19. The maximum absolute atomic E-state index is 3.71. The van der Waals surface area contributed by atoms with Crippen LogP contribution in [-0.4, -0.2) is 6.04 Å². The first-order valence-corrected chi connectivity index (χ1v) is 9.20. The third-order valence-electron chi connectivity index (χ3n) is 5.04. The van der Waals surface area contributed by atoms with Crippen LogP contribution < -0.4 is 5.32 Å². The Balaban J connectivity index is 2.02. The first-order chi connectivity index (χ1) is 12.2. The molecule has 0 fully saturated rings. The SMILES string of the molecule is CC[C@@H](C)C(C)Nc1cc(-c2ccccc2)cc(-c2ccccc2)c1. The predicted molar refractivity (Wildman–Crippen MR) is 110 cm³/mol. The van der Waals surface area contributed by atoms with Crippen LogP contribution in [0.1, 0.15) is 27.2 Å². The average molecular weight is 329 g/mol. The largest absolute Gasteiger partial charge is 0.382 e. The van der Waals surface area contributed by atoms with Crippen LogP contribution in [0.15, 0.2) is 78.9 Å². The summed E-state index contributed by atoms with van der Waals surface area (Å²) in [5, 5.41) is 3.71. The van der Waals surface area contributed by atoms with Crippen molar-refractivity contribution in [3.8, 4) is 22.3 Å². The minimum absolute atomic E-state index is 0.444. The van der Waals surface area contributed by atoms with Crippen molar-refractivity contribution < 1.29 is 0 Å². The average Bonchev–Trinajstić information content (AvgIpc) is 2.68. The summed E-state index contributed by atoms with van der Waals surface area (Å²) in [6, 6.07) is 28.5. The van der Waals surface area contributed by atoms with Gasteiger partial charge in [-0.3, -0.25) is 0 Å². The minimum atomic E-state index is 0.444. The van der Waals surface area contributed by atoms with Crippen molar-refractivity contribution in [2.75, 3.05) is 5.32 Å². The molecule has 0 saturated carbocycles. The van der Waals surface area contributed by atoms with Gasteiger partial charge in [0.15, 0.2) is 0 Å². The lowest BCUT2D eigenvalue weighted by atomic mass is 9.96. The Morgan fingerprint density at radius 2 is 1.16 bits per heavy atom. The molecular weight excluding hydrogens is 302 g/mol. The molecule has 0 aliphatic carbocycles. The smallest absolute Gasteiger partial charge is 0.0354 e. The highest BCUT2D eigenvalue weighted by molar-refractivity contribution is 5.78. The van der Waals surface area contributed by atoms with E-state index in [2.05, 4.69) is 105 Å². The highest BCUT2D eigenvalue weighted by Gasteiger charge is 2.11. The molecule has 25 heavy (non-hydrogen) atoms. The molecule has 128 valence electrons. The quantitative estimate of drug-likeness (QED) is 0.520. The fourth-order valence-corrected chi connectivity index (χ4v) is 3.06. The summed E-state index contributed by atoms with van der Waals surface area (Å²) in [6.45, 7) is 6.82. The van der Waals surface area contributed by atoms with Crippen molar-refractivity contribution >= 4 is 5.69 Å². The van der Waals surface area contributed by atoms with Crippen LogP contribution in [0.4, 0.5) is 5.69 Å². The zero-order chi connectivity index (χ0) is 17.6. The number of nitrogens with one attached hydrogen (secondary N) is 1. The van der Waals surface area contributed by atoms with Gasteiger partial charge in [-0.1, -0.05) is 80.9 Å². The van der Waals surface area contributed by atoms with E-state index in [4.69, 9.17) is 0 Å². The standard InChI is InChI=1S/C24H27N/c1-4-18(2)19(3)25-24-16-22(20-11-7-5-8-12-20)15-23(17-24)21-13-9-6-10-14-21/h5-19,25H,4H2,1-3H3/t18-,19?/m1/s1. The monoisotopic (exact) mass is 329 g/mol. The van der Waals surface area contributed by atoms with Crippen LogP contribution in [0, 0.1) is 5.92 Å². The van der Waals surface area contributed by atoms with Gasteiger partial charge in [-0.05, 0) is 53.3 Å². The van der Waals surface area contributed by atoms with Crippen molar-refractivity contribution in [2.45, 2.75) is 33.2 Å².